The van der Waals surface area contributed by atoms with Crippen molar-refractivity contribution in [3.05, 3.63) is 30.1 Å². The van der Waals surface area contributed by atoms with Gasteiger partial charge in [0.25, 0.3) is 0 Å². The Kier molecular flexibility index (Phi) is 2.91. The van der Waals surface area contributed by atoms with E-state index in [-0.39, 0.29) is 0 Å². The number of aromatic nitrogens is 2. The first kappa shape index (κ1) is 11.3. The molecule has 0 saturated heterocycles. The summed E-state index contributed by atoms with van der Waals surface area (Å²) in [6.07, 6.45) is 3.67. The van der Waals surface area contributed by atoms with Crippen LogP contribution in [-0.2, 0) is 0 Å². The minimum atomic E-state index is 0.589. The molecule has 0 aliphatic rings. The van der Waals surface area contributed by atoms with E-state index in [1.165, 1.54) is 0 Å². The molecule has 1 aromatic heterocycles. The monoisotopic (exact) mass is 233 g/mol. The summed E-state index contributed by atoms with van der Waals surface area (Å²) in [6, 6.07) is 3.53. The van der Waals surface area contributed by atoms with Gasteiger partial charge in [0.2, 0.25) is 0 Å². The number of nitrogen functional groups attached to an aromatic ring is 1. The molecule has 0 saturated carbocycles. The van der Waals surface area contributed by atoms with E-state index in [0.29, 0.717) is 17.2 Å². The molecule has 0 spiro atoms. The Morgan fingerprint density at radius 3 is 2.35 bits per heavy atom. The molecule has 0 radical (unpaired) electrons. The number of hydrogen-bond donors (Lipinski definition) is 1. The number of ether oxygens (including phenoxy) is 2. The Balaban J connectivity index is 2.55. The molecular weight excluding hydrogens is 218 g/mol. The molecule has 2 N–H and O–H groups in total. The minimum absolute atomic E-state index is 0.589. The lowest BCUT2D eigenvalue weighted by Crippen LogP contribution is -2.02. The SMILES string of the molecule is COc1cc(N)c(-n2cc(C)cn2)cc1OC. The molecule has 5 heteroatoms. The van der Waals surface area contributed by atoms with E-state index < -0.39 is 0 Å². The quantitative estimate of drug-likeness (QED) is 0.821. The van der Waals surface area contributed by atoms with Crippen molar-refractivity contribution in [1.29, 1.82) is 0 Å². The Labute approximate surface area is 99.8 Å². The van der Waals surface area contributed by atoms with E-state index in [2.05, 4.69) is 5.10 Å². The minimum Gasteiger partial charge on any atom is -0.493 e. The van der Waals surface area contributed by atoms with Gasteiger partial charge < -0.3 is 15.2 Å². The van der Waals surface area contributed by atoms with Crippen LogP contribution in [0.1, 0.15) is 5.56 Å². The second kappa shape index (κ2) is 4.37. The van der Waals surface area contributed by atoms with Gasteiger partial charge in [-0.05, 0) is 12.5 Å². The van der Waals surface area contributed by atoms with Crippen molar-refractivity contribution < 1.29 is 9.47 Å². The molecule has 0 amide bonds. The number of aryl methyl sites for hydroxylation is 1. The molecule has 0 aliphatic carbocycles. The highest BCUT2D eigenvalue weighted by atomic mass is 16.5. The number of methoxy groups -OCH3 is 2. The molecule has 2 rings (SSSR count). The second-order valence-electron chi connectivity index (χ2n) is 3.73. The third kappa shape index (κ3) is 2.04. The van der Waals surface area contributed by atoms with Crippen molar-refractivity contribution in [2.45, 2.75) is 6.92 Å². The maximum Gasteiger partial charge on any atom is 0.163 e. The van der Waals surface area contributed by atoms with Crippen molar-refractivity contribution in [3.63, 3.8) is 0 Å². The maximum absolute atomic E-state index is 5.97. The first-order valence-corrected chi connectivity index (χ1v) is 5.19. The Morgan fingerprint density at radius 2 is 1.82 bits per heavy atom. The molecule has 2 aromatic rings. The standard InChI is InChI=1S/C12H15N3O2/c1-8-6-14-15(7-8)10-5-12(17-3)11(16-2)4-9(10)13/h4-7H,13H2,1-3H3. The smallest absolute Gasteiger partial charge is 0.163 e. The Bertz CT molecular complexity index is 535. The summed E-state index contributed by atoms with van der Waals surface area (Å²) in [4.78, 5) is 0. The Morgan fingerprint density at radius 1 is 1.18 bits per heavy atom. The van der Waals surface area contributed by atoms with Gasteiger partial charge in [0.1, 0.15) is 0 Å². The number of nitrogens with two attached hydrogens (primary N) is 1. The molecule has 17 heavy (non-hydrogen) atoms. The fourth-order valence-corrected chi connectivity index (χ4v) is 1.63. The second-order valence-corrected chi connectivity index (χ2v) is 3.73. The molecule has 0 atom stereocenters. The molecule has 0 aliphatic heterocycles. The van der Waals surface area contributed by atoms with Gasteiger partial charge in [-0.1, -0.05) is 0 Å². The molecule has 1 aromatic carbocycles. The third-order valence-electron chi connectivity index (χ3n) is 2.49. The highest BCUT2D eigenvalue weighted by Crippen LogP contribution is 2.33. The van der Waals surface area contributed by atoms with Crippen LogP contribution in [0.3, 0.4) is 0 Å². The largest absolute Gasteiger partial charge is 0.493 e. The number of nitrogens with zero attached hydrogens (tertiary/aromatic N) is 2. The lowest BCUT2D eigenvalue weighted by Gasteiger charge is -2.12. The van der Waals surface area contributed by atoms with Crippen LogP contribution < -0.4 is 15.2 Å². The van der Waals surface area contributed by atoms with E-state index in [4.69, 9.17) is 15.2 Å². The summed E-state index contributed by atoms with van der Waals surface area (Å²) < 4.78 is 12.1. The van der Waals surface area contributed by atoms with Crippen molar-refractivity contribution in [1.82, 2.24) is 9.78 Å². The first-order chi connectivity index (χ1) is 8.15. The Hall–Kier alpha value is -2.17. The average Bonchev–Trinajstić information content (AvgIpc) is 2.75. The van der Waals surface area contributed by atoms with E-state index >= 15 is 0 Å². The number of hydrogen-bond acceptors (Lipinski definition) is 4. The topological polar surface area (TPSA) is 62.3 Å². The van der Waals surface area contributed by atoms with Crippen molar-refractivity contribution in [2.75, 3.05) is 20.0 Å². The number of rotatable bonds is 3. The van der Waals surface area contributed by atoms with Gasteiger partial charge >= 0.3 is 0 Å². The van der Waals surface area contributed by atoms with Crippen LogP contribution in [0.2, 0.25) is 0 Å². The normalized spacial score (nSPS) is 10.3. The van der Waals surface area contributed by atoms with Gasteiger partial charge in [0.15, 0.2) is 11.5 Å². The summed E-state index contributed by atoms with van der Waals surface area (Å²) in [5.41, 5.74) is 8.40. The van der Waals surface area contributed by atoms with Crippen LogP contribution in [0.15, 0.2) is 24.5 Å². The summed E-state index contributed by atoms with van der Waals surface area (Å²) in [5, 5.41) is 4.22. The molecular formula is C12H15N3O2. The maximum atomic E-state index is 5.97. The predicted molar refractivity (Wildman–Crippen MR) is 65.8 cm³/mol. The lowest BCUT2D eigenvalue weighted by atomic mass is 10.2. The van der Waals surface area contributed by atoms with Gasteiger partial charge in [-0.15, -0.1) is 0 Å². The lowest BCUT2D eigenvalue weighted by molar-refractivity contribution is 0.355. The van der Waals surface area contributed by atoms with E-state index in [9.17, 15) is 0 Å². The zero-order valence-electron chi connectivity index (χ0n) is 10.1. The summed E-state index contributed by atoms with van der Waals surface area (Å²) in [6.45, 7) is 1.97. The fourth-order valence-electron chi connectivity index (χ4n) is 1.63. The van der Waals surface area contributed by atoms with Gasteiger partial charge in [-0.3, -0.25) is 0 Å². The van der Waals surface area contributed by atoms with E-state index in [1.54, 1.807) is 37.2 Å². The summed E-state index contributed by atoms with van der Waals surface area (Å²) >= 11 is 0. The molecule has 0 bridgehead atoms. The first-order valence-electron chi connectivity index (χ1n) is 5.19. The van der Waals surface area contributed by atoms with Gasteiger partial charge in [0.05, 0.1) is 31.8 Å². The highest BCUT2D eigenvalue weighted by molar-refractivity contribution is 5.65. The van der Waals surface area contributed by atoms with Gasteiger partial charge in [-0.25, -0.2) is 4.68 Å². The van der Waals surface area contributed by atoms with Crippen LogP contribution in [0, 0.1) is 6.92 Å². The third-order valence-corrected chi connectivity index (χ3v) is 2.49. The van der Waals surface area contributed by atoms with Crippen molar-refractivity contribution in [3.8, 4) is 17.2 Å². The van der Waals surface area contributed by atoms with E-state index in [1.807, 2.05) is 13.1 Å². The fraction of sp³-hybridized carbons (Fsp3) is 0.250. The van der Waals surface area contributed by atoms with Crippen molar-refractivity contribution in [2.24, 2.45) is 0 Å². The molecule has 5 nitrogen and oxygen atoms in total. The van der Waals surface area contributed by atoms with Gasteiger partial charge in [-0.2, -0.15) is 5.10 Å². The van der Waals surface area contributed by atoms with Crippen LogP contribution in [0.25, 0.3) is 5.69 Å². The zero-order chi connectivity index (χ0) is 12.4. The van der Waals surface area contributed by atoms with Crippen LogP contribution in [0.5, 0.6) is 11.5 Å². The molecule has 1 heterocycles. The van der Waals surface area contributed by atoms with Crippen LogP contribution in [-0.4, -0.2) is 24.0 Å². The number of benzene rings is 1. The summed E-state index contributed by atoms with van der Waals surface area (Å²) in [5.74, 6) is 1.24. The summed E-state index contributed by atoms with van der Waals surface area (Å²) in [7, 11) is 3.17. The van der Waals surface area contributed by atoms with Crippen molar-refractivity contribution >= 4 is 5.69 Å². The van der Waals surface area contributed by atoms with Crippen LogP contribution >= 0.6 is 0 Å². The molecule has 0 fully saturated rings. The van der Waals surface area contributed by atoms with E-state index in [0.717, 1.165) is 11.3 Å². The number of anilines is 1. The zero-order valence-corrected chi connectivity index (χ0v) is 10.1. The highest BCUT2D eigenvalue weighted by Gasteiger charge is 2.11. The predicted octanol–water partition coefficient (Wildman–Crippen LogP) is 1.78. The van der Waals surface area contributed by atoms with Gasteiger partial charge in [0, 0.05) is 18.3 Å². The molecule has 0 unspecified atom stereocenters. The average molecular weight is 233 g/mol. The molecule has 90 valence electrons. The van der Waals surface area contributed by atoms with Crippen LogP contribution in [0.4, 0.5) is 5.69 Å².